The molecule has 0 unspecified atom stereocenters. The molecule has 5 aromatic rings. The fourth-order valence-corrected chi connectivity index (χ4v) is 4.51. The minimum absolute atomic E-state index is 0. The molecule has 0 atom stereocenters. The standard InChI is InChI=1S/C36H35N3.Pt/c1-35(2,3)28-23-29(36(4,5)6)25-31(24-28)39(30-17-12-16-27(22-30)32-18-10-11-21-37-32)34-20-13-19-33(38-34)26-14-8-7-9-15-26;/h7-14,16-21,23-25H,1-6H3;/q-2;+2. The molecule has 40 heavy (non-hydrogen) atoms. The molecule has 0 aliphatic rings. The second-order valence-electron chi connectivity index (χ2n) is 11.9. The third kappa shape index (κ3) is 6.59. The van der Waals surface area contributed by atoms with Gasteiger partial charge in [-0.1, -0.05) is 71.9 Å². The molecule has 5 rings (SSSR count). The van der Waals surface area contributed by atoms with E-state index in [9.17, 15) is 0 Å². The van der Waals surface area contributed by atoms with E-state index >= 15 is 0 Å². The minimum atomic E-state index is -0.0184. The van der Waals surface area contributed by atoms with Gasteiger partial charge >= 0.3 is 21.1 Å². The van der Waals surface area contributed by atoms with Crippen molar-refractivity contribution in [1.29, 1.82) is 0 Å². The van der Waals surface area contributed by atoms with Crippen molar-refractivity contribution < 1.29 is 21.1 Å². The Labute approximate surface area is 253 Å². The van der Waals surface area contributed by atoms with Gasteiger partial charge in [0.2, 0.25) is 0 Å². The van der Waals surface area contributed by atoms with Crippen molar-refractivity contribution in [2.75, 3.05) is 4.90 Å². The fourth-order valence-electron chi connectivity index (χ4n) is 4.51. The molecule has 0 amide bonds. The van der Waals surface area contributed by atoms with Gasteiger partial charge in [0.1, 0.15) is 5.82 Å². The summed E-state index contributed by atoms with van der Waals surface area (Å²) in [7, 11) is 0. The molecule has 3 aromatic carbocycles. The molecule has 4 heteroatoms. The van der Waals surface area contributed by atoms with Crippen molar-refractivity contribution in [2.45, 2.75) is 52.4 Å². The maximum absolute atomic E-state index is 5.14. The second kappa shape index (κ2) is 11.9. The Morgan fingerprint density at radius 2 is 1.30 bits per heavy atom. The van der Waals surface area contributed by atoms with Crippen molar-refractivity contribution >= 4 is 17.2 Å². The monoisotopic (exact) mass is 704 g/mol. The maximum Gasteiger partial charge on any atom is 2.00 e. The summed E-state index contributed by atoms with van der Waals surface area (Å²) in [5.74, 6) is 0.824. The van der Waals surface area contributed by atoms with E-state index in [1.54, 1.807) is 0 Å². The predicted octanol–water partition coefficient (Wildman–Crippen LogP) is 9.47. The van der Waals surface area contributed by atoms with E-state index in [0.717, 1.165) is 39.7 Å². The summed E-state index contributed by atoms with van der Waals surface area (Å²) < 4.78 is 0. The van der Waals surface area contributed by atoms with E-state index in [0.29, 0.717) is 0 Å². The number of hydrogen-bond donors (Lipinski definition) is 0. The summed E-state index contributed by atoms with van der Waals surface area (Å²) in [6, 6.07) is 40.2. The number of pyridine rings is 2. The van der Waals surface area contributed by atoms with Crippen LogP contribution >= 0.6 is 0 Å². The Hall–Kier alpha value is -3.55. The van der Waals surface area contributed by atoms with Crippen molar-refractivity contribution in [3.8, 4) is 22.5 Å². The fraction of sp³-hybridized carbons (Fsp3) is 0.222. The molecule has 0 aliphatic carbocycles. The zero-order chi connectivity index (χ0) is 27.6. The third-order valence-corrected chi connectivity index (χ3v) is 6.82. The van der Waals surface area contributed by atoms with Crippen LogP contribution in [0.3, 0.4) is 0 Å². The van der Waals surface area contributed by atoms with Crippen LogP contribution in [-0.4, -0.2) is 9.97 Å². The average Bonchev–Trinajstić information content (AvgIpc) is 2.93. The molecule has 2 heterocycles. The Morgan fingerprint density at radius 1 is 0.650 bits per heavy atom. The first-order valence-electron chi connectivity index (χ1n) is 13.4. The van der Waals surface area contributed by atoms with Gasteiger partial charge in [-0.2, -0.15) is 0 Å². The summed E-state index contributed by atoms with van der Waals surface area (Å²) >= 11 is 0. The summed E-state index contributed by atoms with van der Waals surface area (Å²) in [5.41, 5.74) is 8.16. The first-order valence-corrected chi connectivity index (χ1v) is 13.4. The number of hydrogen-bond acceptors (Lipinski definition) is 3. The van der Waals surface area contributed by atoms with Crippen LogP contribution in [0.4, 0.5) is 17.2 Å². The predicted molar refractivity (Wildman–Crippen MR) is 163 cm³/mol. The van der Waals surface area contributed by atoms with E-state index in [1.807, 2.05) is 54.7 Å². The molecule has 0 N–H and O–H groups in total. The number of benzene rings is 3. The van der Waals surface area contributed by atoms with Crippen LogP contribution in [-0.2, 0) is 31.9 Å². The molecule has 3 nitrogen and oxygen atoms in total. The van der Waals surface area contributed by atoms with Crippen LogP contribution in [0.1, 0.15) is 52.7 Å². The van der Waals surface area contributed by atoms with Crippen molar-refractivity contribution in [1.82, 2.24) is 9.97 Å². The van der Waals surface area contributed by atoms with E-state index < -0.39 is 0 Å². The van der Waals surface area contributed by atoms with Crippen LogP contribution in [0, 0.1) is 12.1 Å². The Morgan fingerprint density at radius 3 is 1.93 bits per heavy atom. The van der Waals surface area contributed by atoms with Gasteiger partial charge in [0.25, 0.3) is 0 Å². The van der Waals surface area contributed by atoms with Gasteiger partial charge in [-0.25, -0.2) is 0 Å². The van der Waals surface area contributed by atoms with Gasteiger partial charge in [-0.3, -0.25) is 4.98 Å². The first kappa shape index (κ1) is 29.4. The summed E-state index contributed by atoms with van der Waals surface area (Å²) in [6.07, 6.45) is 1.82. The van der Waals surface area contributed by atoms with E-state index in [-0.39, 0.29) is 31.9 Å². The molecule has 0 saturated carbocycles. The van der Waals surface area contributed by atoms with Gasteiger partial charge < -0.3 is 9.88 Å². The molecule has 0 fully saturated rings. The average molecular weight is 705 g/mol. The molecule has 0 aliphatic heterocycles. The summed E-state index contributed by atoms with van der Waals surface area (Å²) in [5, 5.41) is 0. The normalized spacial score (nSPS) is 11.6. The quantitative estimate of drug-likeness (QED) is 0.171. The number of aromatic nitrogens is 2. The van der Waals surface area contributed by atoms with Crippen LogP contribution in [0.25, 0.3) is 22.5 Å². The number of anilines is 3. The largest absolute Gasteiger partial charge is 2.00 e. The van der Waals surface area contributed by atoms with Crippen LogP contribution in [0.15, 0.2) is 103 Å². The Balaban J connectivity index is 0.00000370. The Kier molecular flexibility index (Phi) is 8.76. The molecule has 0 bridgehead atoms. The van der Waals surface area contributed by atoms with Gasteiger partial charge in [0.05, 0.1) is 0 Å². The Bertz CT molecular complexity index is 1450. The number of nitrogens with zero attached hydrogens (tertiary/aromatic N) is 3. The van der Waals surface area contributed by atoms with Crippen LogP contribution in [0.5, 0.6) is 0 Å². The molecule has 0 radical (unpaired) electrons. The molecular formula is C36H35N3Pt. The van der Waals surface area contributed by atoms with E-state index in [2.05, 4.69) is 112 Å². The van der Waals surface area contributed by atoms with Crippen LogP contribution in [0.2, 0.25) is 0 Å². The van der Waals surface area contributed by atoms with Crippen LogP contribution < -0.4 is 4.90 Å². The van der Waals surface area contributed by atoms with Gasteiger partial charge in [0, 0.05) is 11.9 Å². The van der Waals surface area contributed by atoms with Gasteiger partial charge in [-0.15, -0.1) is 65.7 Å². The number of rotatable bonds is 5. The zero-order valence-electron chi connectivity index (χ0n) is 24.0. The topological polar surface area (TPSA) is 29.0 Å². The zero-order valence-corrected chi connectivity index (χ0v) is 26.2. The second-order valence-corrected chi connectivity index (χ2v) is 11.9. The first-order chi connectivity index (χ1) is 18.6. The smallest absolute Gasteiger partial charge is 0.314 e. The van der Waals surface area contributed by atoms with E-state index in [4.69, 9.17) is 4.98 Å². The van der Waals surface area contributed by atoms with Gasteiger partial charge in [-0.05, 0) is 63.3 Å². The molecule has 0 spiro atoms. The molecule has 204 valence electrons. The maximum atomic E-state index is 5.14. The SMILES string of the molecule is CC(C)(C)c1cc(N(c2[c-]c(-c3ccccn3)ccc2)c2cccc(-c3[c-]cccc3)n2)cc(C(C)(C)C)c1.[Pt+2]. The van der Waals surface area contributed by atoms with Crippen molar-refractivity contribution in [2.24, 2.45) is 0 Å². The van der Waals surface area contributed by atoms with Crippen molar-refractivity contribution in [3.63, 3.8) is 0 Å². The minimum Gasteiger partial charge on any atom is -0.314 e. The summed E-state index contributed by atoms with van der Waals surface area (Å²) in [4.78, 5) is 11.9. The molecular weight excluding hydrogens is 669 g/mol. The molecule has 0 saturated heterocycles. The summed E-state index contributed by atoms with van der Waals surface area (Å²) in [6.45, 7) is 13.6. The third-order valence-electron chi connectivity index (χ3n) is 6.82. The van der Waals surface area contributed by atoms with E-state index in [1.165, 1.54) is 11.1 Å². The molecule has 2 aromatic heterocycles. The van der Waals surface area contributed by atoms with Gasteiger partial charge in [0.15, 0.2) is 0 Å². The van der Waals surface area contributed by atoms with Crippen molar-refractivity contribution in [3.05, 3.63) is 127 Å².